The van der Waals surface area contributed by atoms with Gasteiger partial charge in [-0.2, -0.15) is 0 Å². The second-order valence-corrected chi connectivity index (χ2v) is 3.99. The Morgan fingerprint density at radius 2 is 1.92 bits per heavy atom. The highest BCUT2D eigenvalue weighted by Gasteiger charge is 2.31. The van der Waals surface area contributed by atoms with E-state index in [0.717, 1.165) is 25.7 Å². The highest BCUT2D eigenvalue weighted by molar-refractivity contribution is 5.72. The standard InChI is InChI=1S/C10H18O3/c1-7(2)13-9(10(11)12)8-5-3-4-6-8/h7-9H,3-6H2,1-2H3,(H,11,12). The quantitative estimate of drug-likeness (QED) is 0.731. The Bertz CT molecular complexity index is 171. The maximum atomic E-state index is 10.9. The van der Waals surface area contributed by atoms with Crippen molar-refractivity contribution in [3.05, 3.63) is 0 Å². The van der Waals surface area contributed by atoms with Crippen LogP contribution in [0.3, 0.4) is 0 Å². The third-order valence-electron chi connectivity index (χ3n) is 2.49. The van der Waals surface area contributed by atoms with E-state index in [-0.39, 0.29) is 12.0 Å². The van der Waals surface area contributed by atoms with Gasteiger partial charge in [0.05, 0.1) is 6.10 Å². The summed E-state index contributed by atoms with van der Waals surface area (Å²) in [6, 6.07) is 0. The molecule has 0 saturated heterocycles. The number of hydrogen-bond donors (Lipinski definition) is 1. The molecule has 0 aromatic rings. The molecule has 0 spiro atoms. The second-order valence-electron chi connectivity index (χ2n) is 3.99. The van der Waals surface area contributed by atoms with Gasteiger partial charge in [-0.1, -0.05) is 12.8 Å². The summed E-state index contributed by atoms with van der Waals surface area (Å²) in [5, 5.41) is 8.96. The van der Waals surface area contributed by atoms with Gasteiger partial charge >= 0.3 is 5.97 Å². The van der Waals surface area contributed by atoms with Gasteiger partial charge in [0.25, 0.3) is 0 Å². The van der Waals surface area contributed by atoms with Crippen LogP contribution in [0, 0.1) is 5.92 Å². The van der Waals surface area contributed by atoms with E-state index in [1.165, 1.54) is 0 Å². The van der Waals surface area contributed by atoms with Gasteiger partial charge in [0, 0.05) is 0 Å². The van der Waals surface area contributed by atoms with Crippen LogP contribution in [-0.2, 0) is 9.53 Å². The van der Waals surface area contributed by atoms with Crippen molar-refractivity contribution in [1.82, 2.24) is 0 Å². The Morgan fingerprint density at radius 3 is 2.31 bits per heavy atom. The molecule has 0 aromatic carbocycles. The molecule has 1 saturated carbocycles. The summed E-state index contributed by atoms with van der Waals surface area (Å²) in [6.07, 6.45) is 3.73. The van der Waals surface area contributed by atoms with Gasteiger partial charge in [-0.3, -0.25) is 0 Å². The summed E-state index contributed by atoms with van der Waals surface area (Å²) in [6.45, 7) is 3.76. The highest BCUT2D eigenvalue weighted by Crippen LogP contribution is 2.29. The van der Waals surface area contributed by atoms with Crippen LogP contribution in [0.2, 0.25) is 0 Å². The van der Waals surface area contributed by atoms with E-state index in [0.29, 0.717) is 0 Å². The van der Waals surface area contributed by atoms with Crippen LogP contribution in [-0.4, -0.2) is 23.3 Å². The molecule has 0 radical (unpaired) electrons. The summed E-state index contributed by atoms with van der Waals surface area (Å²) in [4.78, 5) is 10.9. The third-order valence-corrected chi connectivity index (χ3v) is 2.49. The fraction of sp³-hybridized carbons (Fsp3) is 0.900. The summed E-state index contributed by atoms with van der Waals surface area (Å²) < 4.78 is 5.40. The van der Waals surface area contributed by atoms with Crippen molar-refractivity contribution >= 4 is 5.97 Å². The number of ether oxygens (including phenoxy) is 1. The average Bonchev–Trinajstić information content (AvgIpc) is 2.50. The molecule has 76 valence electrons. The molecule has 1 aliphatic carbocycles. The van der Waals surface area contributed by atoms with Crippen molar-refractivity contribution in [1.29, 1.82) is 0 Å². The van der Waals surface area contributed by atoms with Crippen LogP contribution in [0.5, 0.6) is 0 Å². The topological polar surface area (TPSA) is 46.5 Å². The largest absolute Gasteiger partial charge is 0.479 e. The maximum Gasteiger partial charge on any atom is 0.333 e. The zero-order valence-electron chi connectivity index (χ0n) is 8.32. The van der Waals surface area contributed by atoms with E-state index in [9.17, 15) is 4.79 Å². The molecule has 0 aliphatic heterocycles. The van der Waals surface area contributed by atoms with Gasteiger partial charge in [-0.25, -0.2) is 4.79 Å². The van der Waals surface area contributed by atoms with Gasteiger partial charge in [0.1, 0.15) is 0 Å². The Hall–Kier alpha value is -0.570. The molecule has 0 bridgehead atoms. The first-order valence-corrected chi connectivity index (χ1v) is 4.99. The molecule has 1 aliphatic rings. The van der Waals surface area contributed by atoms with Crippen LogP contribution in [0.4, 0.5) is 0 Å². The Kier molecular flexibility index (Phi) is 3.72. The Balaban J connectivity index is 2.50. The minimum absolute atomic E-state index is 0.00157. The molecular weight excluding hydrogens is 168 g/mol. The van der Waals surface area contributed by atoms with E-state index in [1.807, 2.05) is 13.8 Å². The van der Waals surface area contributed by atoms with Crippen LogP contribution < -0.4 is 0 Å². The van der Waals surface area contributed by atoms with Gasteiger partial charge in [0.2, 0.25) is 0 Å². The molecule has 1 rings (SSSR count). The molecule has 1 unspecified atom stereocenters. The molecule has 1 fully saturated rings. The number of rotatable bonds is 4. The normalized spacial score (nSPS) is 20.8. The molecule has 0 amide bonds. The van der Waals surface area contributed by atoms with E-state index in [1.54, 1.807) is 0 Å². The van der Waals surface area contributed by atoms with Gasteiger partial charge < -0.3 is 9.84 Å². The van der Waals surface area contributed by atoms with Crippen molar-refractivity contribution in [2.45, 2.75) is 51.7 Å². The maximum absolute atomic E-state index is 10.9. The first-order valence-electron chi connectivity index (χ1n) is 4.99. The Labute approximate surface area is 79.1 Å². The van der Waals surface area contributed by atoms with Crippen molar-refractivity contribution in [3.8, 4) is 0 Å². The second kappa shape index (κ2) is 4.61. The minimum atomic E-state index is -0.805. The summed E-state index contributed by atoms with van der Waals surface area (Å²) in [7, 11) is 0. The fourth-order valence-electron chi connectivity index (χ4n) is 1.92. The molecule has 3 nitrogen and oxygen atoms in total. The molecule has 1 atom stereocenters. The SMILES string of the molecule is CC(C)OC(C(=O)O)C1CCCC1. The highest BCUT2D eigenvalue weighted by atomic mass is 16.5. The Morgan fingerprint density at radius 1 is 1.38 bits per heavy atom. The zero-order chi connectivity index (χ0) is 9.84. The van der Waals surface area contributed by atoms with E-state index in [2.05, 4.69) is 0 Å². The summed E-state index contributed by atoms with van der Waals surface area (Å²) in [5.41, 5.74) is 0. The number of carboxylic acids is 1. The number of aliphatic carboxylic acids is 1. The number of carboxylic acid groups (broad SMARTS) is 1. The molecule has 13 heavy (non-hydrogen) atoms. The monoisotopic (exact) mass is 186 g/mol. The molecule has 1 N–H and O–H groups in total. The van der Waals surface area contributed by atoms with E-state index < -0.39 is 12.1 Å². The van der Waals surface area contributed by atoms with Crippen LogP contribution in [0.25, 0.3) is 0 Å². The van der Waals surface area contributed by atoms with Crippen molar-refractivity contribution < 1.29 is 14.6 Å². The lowest BCUT2D eigenvalue weighted by Gasteiger charge is -2.21. The van der Waals surface area contributed by atoms with E-state index >= 15 is 0 Å². The van der Waals surface area contributed by atoms with E-state index in [4.69, 9.17) is 9.84 Å². The summed E-state index contributed by atoms with van der Waals surface area (Å²) in [5.74, 6) is -0.569. The predicted molar refractivity (Wildman–Crippen MR) is 49.6 cm³/mol. The zero-order valence-corrected chi connectivity index (χ0v) is 8.32. The van der Waals surface area contributed by atoms with Crippen LogP contribution in [0.15, 0.2) is 0 Å². The van der Waals surface area contributed by atoms with Crippen molar-refractivity contribution in [2.75, 3.05) is 0 Å². The smallest absolute Gasteiger partial charge is 0.333 e. The number of carbonyl (C=O) groups is 1. The molecule has 0 heterocycles. The lowest BCUT2D eigenvalue weighted by molar-refractivity contribution is -0.157. The average molecular weight is 186 g/mol. The third kappa shape index (κ3) is 2.99. The first-order chi connectivity index (χ1) is 6.11. The van der Waals surface area contributed by atoms with Gasteiger partial charge in [-0.15, -0.1) is 0 Å². The molecule has 3 heteroatoms. The lowest BCUT2D eigenvalue weighted by atomic mass is 10.0. The summed E-state index contributed by atoms with van der Waals surface area (Å²) >= 11 is 0. The van der Waals surface area contributed by atoms with Crippen molar-refractivity contribution in [3.63, 3.8) is 0 Å². The number of hydrogen-bond acceptors (Lipinski definition) is 2. The minimum Gasteiger partial charge on any atom is -0.479 e. The lowest BCUT2D eigenvalue weighted by Crippen LogP contribution is -2.33. The molecule has 0 aromatic heterocycles. The molecular formula is C10H18O3. The van der Waals surface area contributed by atoms with Crippen LogP contribution in [0.1, 0.15) is 39.5 Å². The fourth-order valence-corrected chi connectivity index (χ4v) is 1.92. The predicted octanol–water partition coefficient (Wildman–Crippen LogP) is 2.05. The van der Waals surface area contributed by atoms with Gasteiger partial charge in [0.15, 0.2) is 6.10 Å². The van der Waals surface area contributed by atoms with Gasteiger partial charge in [-0.05, 0) is 32.6 Å². The van der Waals surface area contributed by atoms with Crippen molar-refractivity contribution in [2.24, 2.45) is 5.92 Å². The van der Waals surface area contributed by atoms with Crippen LogP contribution >= 0.6 is 0 Å². The first kappa shape index (κ1) is 10.5.